The molecule has 1 fully saturated rings. The van der Waals surface area contributed by atoms with Gasteiger partial charge in [0.15, 0.2) is 0 Å². The Morgan fingerprint density at radius 1 is 1.53 bits per heavy atom. The van der Waals surface area contributed by atoms with Crippen molar-refractivity contribution in [3.8, 4) is 6.01 Å². The molecule has 17 heavy (non-hydrogen) atoms. The number of nitrogens with zero attached hydrogens (tertiary/aromatic N) is 3. The second-order valence-electron chi connectivity index (χ2n) is 3.70. The average Bonchev–Trinajstić information content (AvgIpc) is 2.40. The van der Waals surface area contributed by atoms with Gasteiger partial charge in [-0.05, 0) is 13.0 Å². The molecule has 0 bridgehead atoms. The smallest absolute Gasteiger partial charge is 0.317 e. The van der Waals surface area contributed by atoms with E-state index in [1.54, 1.807) is 17.2 Å². The molecule has 0 aromatic carbocycles. The maximum absolute atomic E-state index is 12.1. The Labute approximate surface area is 100 Å². The van der Waals surface area contributed by atoms with Crippen molar-refractivity contribution < 1.29 is 9.53 Å². The van der Waals surface area contributed by atoms with Crippen molar-refractivity contribution in [1.82, 2.24) is 20.2 Å². The van der Waals surface area contributed by atoms with Crippen LogP contribution in [0, 0.1) is 0 Å². The molecule has 1 amide bonds. The molecule has 1 aromatic heterocycles. The molecule has 1 N–H and O–H groups in total. The van der Waals surface area contributed by atoms with Crippen molar-refractivity contribution in [1.29, 1.82) is 0 Å². The van der Waals surface area contributed by atoms with E-state index in [2.05, 4.69) is 15.3 Å². The fraction of sp³-hybridized carbons (Fsp3) is 0.545. The number of carbonyl (C=O) groups excluding carboxylic acids is 1. The van der Waals surface area contributed by atoms with E-state index in [0.717, 1.165) is 13.1 Å². The summed E-state index contributed by atoms with van der Waals surface area (Å²) in [4.78, 5) is 21.9. The highest BCUT2D eigenvalue weighted by atomic mass is 16.5. The van der Waals surface area contributed by atoms with Gasteiger partial charge in [-0.2, -0.15) is 4.98 Å². The van der Waals surface area contributed by atoms with Crippen LogP contribution >= 0.6 is 0 Å². The van der Waals surface area contributed by atoms with Gasteiger partial charge < -0.3 is 15.0 Å². The number of ether oxygens (including phenoxy) is 1. The summed E-state index contributed by atoms with van der Waals surface area (Å²) in [6.07, 6.45) is 1.55. The fourth-order valence-corrected chi connectivity index (χ4v) is 1.69. The van der Waals surface area contributed by atoms with Gasteiger partial charge in [-0.1, -0.05) is 0 Å². The van der Waals surface area contributed by atoms with Crippen LogP contribution in [0.15, 0.2) is 12.3 Å². The lowest BCUT2D eigenvalue weighted by molar-refractivity contribution is 0.0728. The monoisotopic (exact) mass is 236 g/mol. The van der Waals surface area contributed by atoms with E-state index in [9.17, 15) is 4.79 Å². The van der Waals surface area contributed by atoms with Crippen LogP contribution in [-0.4, -0.2) is 53.6 Å². The zero-order chi connectivity index (χ0) is 12.1. The SMILES string of the molecule is CCOc1nccc(C(=O)N2CCNCC2)n1. The third kappa shape index (κ3) is 2.91. The van der Waals surface area contributed by atoms with Gasteiger partial charge in [0.05, 0.1) is 6.61 Å². The first-order valence-corrected chi connectivity index (χ1v) is 5.77. The van der Waals surface area contributed by atoms with E-state index in [-0.39, 0.29) is 11.9 Å². The van der Waals surface area contributed by atoms with Crippen molar-refractivity contribution in [2.75, 3.05) is 32.8 Å². The van der Waals surface area contributed by atoms with Crippen molar-refractivity contribution >= 4 is 5.91 Å². The van der Waals surface area contributed by atoms with E-state index < -0.39 is 0 Å². The largest absolute Gasteiger partial charge is 0.464 e. The van der Waals surface area contributed by atoms with Crippen LogP contribution < -0.4 is 10.1 Å². The van der Waals surface area contributed by atoms with Gasteiger partial charge in [-0.15, -0.1) is 0 Å². The summed E-state index contributed by atoms with van der Waals surface area (Å²) >= 11 is 0. The molecule has 1 aliphatic rings. The minimum atomic E-state index is -0.0603. The van der Waals surface area contributed by atoms with E-state index in [4.69, 9.17) is 4.74 Å². The normalized spacial score (nSPS) is 15.7. The number of hydrogen-bond donors (Lipinski definition) is 1. The quantitative estimate of drug-likeness (QED) is 0.795. The number of hydrogen-bond acceptors (Lipinski definition) is 5. The summed E-state index contributed by atoms with van der Waals surface area (Å²) in [5.74, 6) is -0.0603. The van der Waals surface area contributed by atoms with Crippen molar-refractivity contribution in [2.45, 2.75) is 6.92 Å². The number of carbonyl (C=O) groups is 1. The lowest BCUT2D eigenvalue weighted by Gasteiger charge is -2.27. The number of nitrogens with one attached hydrogen (secondary N) is 1. The maximum atomic E-state index is 12.1. The van der Waals surface area contributed by atoms with Crippen LogP contribution in [0.2, 0.25) is 0 Å². The molecule has 0 atom stereocenters. The summed E-state index contributed by atoms with van der Waals surface area (Å²) in [7, 11) is 0. The standard InChI is InChI=1S/C11H16N4O2/c1-2-17-11-13-4-3-9(14-11)10(16)15-7-5-12-6-8-15/h3-4,12H,2,5-8H2,1H3. The Hall–Kier alpha value is -1.69. The molecule has 0 saturated carbocycles. The molecule has 0 unspecified atom stereocenters. The third-order valence-corrected chi connectivity index (χ3v) is 2.53. The van der Waals surface area contributed by atoms with E-state index >= 15 is 0 Å². The van der Waals surface area contributed by atoms with Crippen LogP contribution in [0.4, 0.5) is 0 Å². The van der Waals surface area contributed by atoms with Gasteiger partial charge in [0.2, 0.25) is 0 Å². The van der Waals surface area contributed by atoms with Gasteiger partial charge in [0.1, 0.15) is 5.69 Å². The van der Waals surface area contributed by atoms with E-state index in [1.165, 1.54) is 0 Å². The topological polar surface area (TPSA) is 67.3 Å². The highest BCUT2D eigenvalue weighted by molar-refractivity contribution is 5.92. The Kier molecular flexibility index (Phi) is 3.87. The molecule has 92 valence electrons. The molecule has 6 nitrogen and oxygen atoms in total. The first-order chi connectivity index (χ1) is 8.31. The molecule has 1 aromatic rings. The summed E-state index contributed by atoms with van der Waals surface area (Å²) in [6.45, 7) is 5.43. The molecule has 6 heteroatoms. The molecular formula is C11H16N4O2. The number of aromatic nitrogens is 2. The predicted octanol–water partition coefficient (Wildman–Crippen LogP) is -0.0793. The van der Waals surface area contributed by atoms with Crippen LogP contribution in [0.3, 0.4) is 0 Å². The molecule has 0 spiro atoms. The fourth-order valence-electron chi connectivity index (χ4n) is 1.69. The van der Waals surface area contributed by atoms with Gasteiger partial charge in [-0.25, -0.2) is 4.98 Å². The molecule has 2 rings (SSSR count). The number of piperazine rings is 1. The van der Waals surface area contributed by atoms with Crippen molar-refractivity contribution in [3.63, 3.8) is 0 Å². The molecule has 0 radical (unpaired) electrons. The molecule has 1 aliphatic heterocycles. The lowest BCUT2D eigenvalue weighted by atomic mass is 10.3. The highest BCUT2D eigenvalue weighted by Gasteiger charge is 2.19. The van der Waals surface area contributed by atoms with Gasteiger partial charge in [0.25, 0.3) is 5.91 Å². The summed E-state index contributed by atoms with van der Waals surface area (Å²) < 4.78 is 5.18. The van der Waals surface area contributed by atoms with Crippen LogP contribution in [-0.2, 0) is 0 Å². The van der Waals surface area contributed by atoms with Gasteiger partial charge in [-0.3, -0.25) is 4.79 Å². The first kappa shape index (κ1) is 11.8. The summed E-state index contributed by atoms with van der Waals surface area (Å²) in [6, 6.07) is 1.88. The van der Waals surface area contributed by atoms with Crippen LogP contribution in [0.25, 0.3) is 0 Å². The van der Waals surface area contributed by atoms with E-state index in [0.29, 0.717) is 25.4 Å². The molecular weight excluding hydrogens is 220 g/mol. The van der Waals surface area contributed by atoms with Gasteiger partial charge in [0, 0.05) is 32.4 Å². The van der Waals surface area contributed by atoms with Crippen LogP contribution in [0.1, 0.15) is 17.4 Å². The second-order valence-corrected chi connectivity index (χ2v) is 3.70. The Morgan fingerprint density at radius 2 is 2.29 bits per heavy atom. The third-order valence-electron chi connectivity index (χ3n) is 2.53. The highest BCUT2D eigenvalue weighted by Crippen LogP contribution is 2.07. The lowest BCUT2D eigenvalue weighted by Crippen LogP contribution is -2.46. The Morgan fingerprint density at radius 3 is 3.00 bits per heavy atom. The average molecular weight is 236 g/mol. The molecule has 2 heterocycles. The number of amides is 1. The minimum absolute atomic E-state index is 0.0603. The Bertz CT molecular complexity index is 391. The summed E-state index contributed by atoms with van der Waals surface area (Å²) in [5.41, 5.74) is 0.394. The Balaban J connectivity index is 2.09. The zero-order valence-electron chi connectivity index (χ0n) is 9.85. The maximum Gasteiger partial charge on any atom is 0.317 e. The van der Waals surface area contributed by atoms with E-state index in [1.807, 2.05) is 6.92 Å². The first-order valence-electron chi connectivity index (χ1n) is 5.77. The van der Waals surface area contributed by atoms with Crippen molar-refractivity contribution in [2.24, 2.45) is 0 Å². The summed E-state index contributed by atoms with van der Waals surface area (Å²) in [5, 5.41) is 3.20. The van der Waals surface area contributed by atoms with Crippen LogP contribution in [0.5, 0.6) is 6.01 Å². The minimum Gasteiger partial charge on any atom is -0.464 e. The van der Waals surface area contributed by atoms with Crippen molar-refractivity contribution in [3.05, 3.63) is 18.0 Å². The second kappa shape index (κ2) is 5.58. The van der Waals surface area contributed by atoms with Gasteiger partial charge >= 0.3 is 6.01 Å². The predicted molar refractivity (Wildman–Crippen MR) is 62.0 cm³/mol. The molecule has 1 saturated heterocycles. The number of rotatable bonds is 3. The zero-order valence-corrected chi connectivity index (χ0v) is 9.85. The molecule has 0 aliphatic carbocycles.